The molecule has 1 unspecified atom stereocenters. The van der Waals surface area contributed by atoms with Gasteiger partial charge in [-0.3, -0.25) is 4.79 Å². The zero-order valence-corrected chi connectivity index (χ0v) is 18.3. The van der Waals surface area contributed by atoms with E-state index in [4.69, 9.17) is 4.74 Å². The molecule has 3 amide bonds. The van der Waals surface area contributed by atoms with Gasteiger partial charge in [-0.15, -0.1) is 11.3 Å². The van der Waals surface area contributed by atoms with E-state index < -0.39 is 0 Å². The first-order valence-electron chi connectivity index (χ1n) is 9.98. The third-order valence-electron chi connectivity index (χ3n) is 5.20. The van der Waals surface area contributed by atoms with Crippen LogP contribution in [0.15, 0.2) is 24.3 Å². The summed E-state index contributed by atoms with van der Waals surface area (Å²) in [5.74, 6) is 0.575. The number of benzene rings is 1. The van der Waals surface area contributed by atoms with E-state index in [0.29, 0.717) is 36.6 Å². The van der Waals surface area contributed by atoms with Gasteiger partial charge in [0.1, 0.15) is 16.8 Å². The van der Waals surface area contributed by atoms with Crippen LogP contribution in [-0.4, -0.2) is 37.0 Å². The van der Waals surface area contributed by atoms with Crippen molar-refractivity contribution in [2.24, 2.45) is 0 Å². The van der Waals surface area contributed by atoms with Crippen molar-refractivity contribution in [3.63, 3.8) is 0 Å². The summed E-state index contributed by atoms with van der Waals surface area (Å²) in [4.78, 5) is 27.5. The van der Waals surface area contributed by atoms with Crippen LogP contribution < -0.4 is 15.4 Å². The van der Waals surface area contributed by atoms with Gasteiger partial charge in [0.05, 0.1) is 19.2 Å². The number of urea groups is 1. The largest absolute Gasteiger partial charge is 0.496 e. The van der Waals surface area contributed by atoms with Crippen molar-refractivity contribution in [1.82, 2.24) is 10.2 Å². The summed E-state index contributed by atoms with van der Waals surface area (Å²) in [6, 6.07) is 9.79. The lowest BCUT2D eigenvalue weighted by molar-refractivity contribution is -0.116. The van der Waals surface area contributed by atoms with E-state index in [2.05, 4.69) is 16.7 Å². The second-order valence-corrected chi connectivity index (χ2v) is 8.33. The Morgan fingerprint density at radius 1 is 1.37 bits per heavy atom. The zero-order chi connectivity index (χ0) is 21.7. The number of rotatable bonds is 6. The van der Waals surface area contributed by atoms with Gasteiger partial charge in [-0.25, -0.2) is 4.79 Å². The molecule has 2 N–H and O–H groups in total. The second-order valence-electron chi connectivity index (χ2n) is 7.22. The summed E-state index contributed by atoms with van der Waals surface area (Å²) < 4.78 is 5.39. The molecule has 2 heterocycles. The number of ether oxygens (including phenoxy) is 1. The van der Waals surface area contributed by atoms with E-state index in [1.54, 1.807) is 12.0 Å². The van der Waals surface area contributed by atoms with E-state index in [-0.39, 0.29) is 24.3 Å². The van der Waals surface area contributed by atoms with Gasteiger partial charge in [0, 0.05) is 24.4 Å². The molecule has 0 spiro atoms. The molecule has 0 aliphatic carbocycles. The number of hydrogen-bond donors (Lipinski definition) is 2. The average Bonchev–Trinajstić information content (AvgIpc) is 3.09. The molecular weight excluding hydrogens is 400 g/mol. The van der Waals surface area contributed by atoms with Gasteiger partial charge in [-0.1, -0.05) is 25.1 Å². The molecule has 30 heavy (non-hydrogen) atoms. The van der Waals surface area contributed by atoms with Crippen LogP contribution in [0.3, 0.4) is 0 Å². The predicted molar refractivity (Wildman–Crippen MR) is 117 cm³/mol. The fraction of sp³-hybridized carbons (Fsp3) is 0.409. The van der Waals surface area contributed by atoms with E-state index in [0.717, 1.165) is 21.8 Å². The first-order valence-corrected chi connectivity index (χ1v) is 10.8. The lowest BCUT2D eigenvalue weighted by atomic mass is 9.96. The van der Waals surface area contributed by atoms with E-state index in [1.807, 2.05) is 38.1 Å². The monoisotopic (exact) mass is 426 g/mol. The molecule has 0 saturated heterocycles. The first-order chi connectivity index (χ1) is 14.5. The number of nitriles is 1. The summed E-state index contributed by atoms with van der Waals surface area (Å²) in [6.07, 6.45) is 0.887. The van der Waals surface area contributed by atoms with Crippen molar-refractivity contribution in [3.8, 4) is 11.8 Å². The van der Waals surface area contributed by atoms with Crippen LogP contribution >= 0.6 is 11.3 Å². The third-order valence-corrected chi connectivity index (χ3v) is 6.33. The Balaban J connectivity index is 1.72. The molecule has 0 fully saturated rings. The molecular formula is C22H26N4O3S. The van der Waals surface area contributed by atoms with Crippen LogP contribution in [0.2, 0.25) is 0 Å². The molecule has 0 bridgehead atoms. The van der Waals surface area contributed by atoms with Gasteiger partial charge in [-0.05, 0) is 36.5 Å². The number of para-hydroxylation sites is 1. The van der Waals surface area contributed by atoms with Gasteiger partial charge in [0.15, 0.2) is 0 Å². The maximum absolute atomic E-state index is 12.7. The van der Waals surface area contributed by atoms with Crippen molar-refractivity contribution >= 4 is 28.3 Å². The summed E-state index contributed by atoms with van der Waals surface area (Å²) in [6.45, 7) is 5.44. The van der Waals surface area contributed by atoms with Crippen molar-refractivity contribution < 1.29 is 14.3 Å². The molecule has 1 aliphatic heterocycles. The molecule has 1 atom stereocenters. The molecule has 1 aromatic heterocycles. The first kappa shape index (κ1) is 21.7. The van der Waals surface area contributed by atoms with Crippen LogP contribution in [-0.2, 0) is 17.8 Å². The maximum atomic E-state index is 12.7. The summed E-state index contributed by atoms with van der Waals surface area (Å²) >= 11 is 1.38. The molecule has 0 saturated carbocycles. The highest BCUT2D eigenvalue weighted by molar-refractivity contribution is 7.16. The molecule has 3 rings (SSSR count). The fourth-order valence-corrected chi connectivity index (χ4v) is 4.92. The van der Waals surface area contributed by atoms with Gasteiger partial charge in [0.2, 0.25) is 5.91 Å². The quantitative estimate of drug-likeness (QED) is 0.734. The Morgan fingerprint density at radius 3 is 2.83 bits per heavy atom. The van der Waals surface area contributed by atoms with Crippen molar-refractivity contribution in [2.45, 2.75) is 39.2 Å². The SMILES string of the molecule is CCNC(=O)N1CCc2c(sc(NC(=O)CC(C)c3ccccc3OC)c2C#N)C1. The smallest absolute Gasteiger partial charge is 0.317 e. The highest BCUT2D eigenvalue weighted by atomic mass is 32.1. The predicted octanol–water partition coefficient (Wildman–Crippen LogP) is 3.85. The Labute approximate surface area is 180 Å². The molecule has 0 radical (unpaired) electrons. The summed E-state index contributed by atoms with van der Waals surface area (Å²) in [5, 5.41) is 16.0. The Hall–Kier alpha value is -3.05. The maximum Gasteiger partial charge on any atom is 0.317 e. The number of methoxy groups -OCH3 is 1. The number of amides is 3. The third kappa shape index (κ3) is 4.57. The topological polar surface area (TPSA) is 94.5 Å². The Bertz CT molecular complexity index is 979. The minimum Gasteiger partial charge on any atom is -0.496 e. The van der Waals surface area contributed by atoms with Gasteiger partial charge in [0.25, 0.3) is 0 Å². The van der Waals surface area contributed by atoms with Crippen molar-refractivity contribution in [1.29, 1.82) is 5.26 Å². The van der Waals surface area contributed by atoms with Crippen molar-refractivity contribution in [3.05, 3.63) is 45.8 Å². The number of carbonyl (C=O) groups excluding carboxylic acids is 2. The van der Waals surface area contributed by atoms with Crippen LogP contribution in [0.4, 0.5) is 9.80 Å². The average molecular weight is 427 g/mol. The Kier molecular flexibility index (Phi) is 6.95. The number of anilines is 1. The normalized spacial score (nSPS) is 13.7. The fourth-order valence-electron chi connectivity index (χ4n) is 3.69. The standard InChI is InChI=1S/C22H26N4O3S/c1-4-24-22(28)26-10-9-16-17(12-23)21(30-19(16)13-26)25-20(27)11-14(2)15-7-5-6-8-18(15)29-3/h5-8,14H,4,9-11,13H2,1-3H3,(H,24,28)(H,25,27). The van der Waals surface area contributed by atoms with E-state index in [1.165, 1.54) is 11.3 Å². The minimum atomic E-state index is -0.149. The number of nitrogens with one attached hydrogen (secondary N) is 2. The zero-order valence-electron chi connectivity index (χ0n) is 17.4. The lowest BCUT2D eigenvalue weighted by Gasteiger charge is -2.26. The van der Waals surface area contributed by atoms with Crippen LogP contribution in [0, 0.1) is 11.3 Å². The van der Waals surface area contributed by atoms with Crippen LogP contribution in [0.5, 0.6) is 5.75 Å². The van der Waals surface area contributed by atoms with E-state index in [9.17, 15) is 14.9 Å². The number of nitrogens with zero attached hydrogens (tertiary/aromatic N) is 2. The molecule has 2 aromatic rings. The molecule has 7 nitrogen and oxygen atoms in total. The van der Waals surface area contributed by atoms with Gasteiger partial charge >= 0.3 is 6.03 Å². The summed E-state index contributed by atoms with van der Waals surface area (Å²) in [7, 11) is 1.62. The van der Waals surface area contributed by atoms with Gasteiger partial charge < -0.3 is 20.3 Å². The van der Waals surface area contributed by atoms with Crippen LogP contribution in [0.1, 0.15) is 47.8 Å². The number of thiophene rings is 1. The van der Waals surface area contributed by atoms with Crippen LogP contribution in [0.25, 0.3) is 0 Å². The van der Waals surface area contributed by atoms with Crippen molar-refractivity contribution in [2.75, 3.05) is 25.5 Å². The molecule has 1 aromatic carbocycles. The number of carbonyl (C=O) groups is 2. The lowest BCUT2D eigenvalue weighted by Crippen LogP contribution is -2.42. The minimum absolute atomic E-state index is 0.0329. The molecule has 8 heteroatoms. The van der Waals surface area contributed by atoms with E-state index >= 15 is 0 Å². The molecule has 1 aliphatic rings. The number of hydrogen-bond acceptors (Lipinski definition) is 5. The molecule has 158 valence electrons. The van der Waals surface area contributed by atoms with Gasteiger partial charge in [-0.2, -0.15) is 5.26 Å². The summed E-state index contributed by atoms with van der Waals surface area (Å²) in [5.41, 5.74) is 2.43. The number of fused-ring (bicyclic) bond motifs is 1. The highest BCUT2D eigenvalue weighted by Gasteiger charge is 2.27. The Morgan fingerprint density at radius 2 is 2.13 bits per heavy atom. The highest BCUT2D eigenvalue weighted by Crippen LogP contribution is 2.37. The second kappa shape index (κ2) is 9.63.